The number of aliphatic hydroxyl groups is 1. The summed E-state index contributed by atoms with van der Waals surface area (Å²) < 4.78 is 1.97. The molecule has 0 unspecified atom stereocenters. The lowest BCUT2D eigenvalue weighted by Crippen LogP contribution is -2.05. The lowest BCUT2D eigenvalue weighted by Gasteiger charge is -2.13. The fourth-order valence-corrected chi connectivity index (χ4v) is 1.85. The van der Waals surface area contributed by atoms with Gasteiger partial charge in [-0.2, -0.15) is 5.10 Å². The number of benzene rings is 1. The molecule has 16 heavy (non-hydrogen) atoms. The van der Waals surface area contributed by atoms with E-state index >= 15 is 0 Å². The number of aromatic nitrogens is 2. The van der Waals surface area contributed by atoms with Crippen LogP contribution in [-0.2, 0) is 6.61 Å². The zero-order valence-electron chi connectivity index (χ0n) is 9.59. The van der Waals surface area contributed by atoms with E-state index in [2.05, 4.69) is 18.9 Å². The molecule has 0 aliphatic rings. The summed E-state index contributed by atoms with van der Waals surface area (Å²) in [6.45, 7) is 4.25. The first-order valence-corrected chi connectivity index (χ1v) is 5.46. The molecule has 1 heterocycles. The maximum absolute atomic E-state index is 9.32. The van der Waals surface area contributed by atoms with Crippen molar-refractivity contribution >= 4 is 0 Å². The molecule has 1 aromatic carbocycles. The summed E-state index contributed by atoms with van der Waals surface area (Å²) in [6.07, 6.45) is 1.80. The average molecular weight is 216 g/mol. The largest absolute Gasteiger partial charge is 0.392 e. The van der Waals surface area contributed by atoms with Crippen LogP contribution in [0.25, 0.3) is 11.3 Å². The third-order valence-corrected chi connectivity index (χ3v) is 2.62. The molecule has 0 atom stereocenters. The summed E-state index contributed by atoms with van der Waals surface area (Å²) in [7, 11) is 0. The molecule has 3 nitrogen and oxygen atoms in total. The normalized spacial score (nSPS) is 11.0. The molecule has 0 saturated carbocycles. The van der Waals surface area contributed by atoms with E-state index < -0.39 is 0 Å². The Balaban J connectivity index is 2.54. The standard InChI is InChI=1S/C13H16N2O/c1-10(2)15-13(7-8-14-15)12-6-4-3-5-11(12)9-16/h3-8,10,16H,9H2,1-2H3. The lowest BCUT2D eigenvalue weighted by molar-refractivity contribution is 0.282. The number of hydrogen-bond acceptors (Lipinski definition) is 2. The van der Waals surface area contributed by atoms with Crippen LogP contribution in [0.15, 0.2) is 36.5 Å². The van der Waals surface area contributed by atoms with Crippen molar-refractivity contribution in [1.29, 1.82) is 0 Å². The molecule has 2 aromatic rings. The van der Waals surface area contributed by atoms with Crippen LogP contribution in [0, 0.1) is 0 Å². The second-order valence-corrected chi connectivity index (χ2v) is 4.07. The van der Waals surface area contributed by atoms with Gasteiger partial charge in [-0.1, -0.05) is 24.3 Å². The predicted octanol–water partition coefficient (Wildman–Crippen LogP) is 2.62. The maximum atomic E-state index is 9.32. The first-order valence-electron chi connectivity index (χ1n) is 5.46. The van der Waals surface area contributed by atoms with Crippen molar-refractivity contribution in [3.8, 4) is 11.3 Å². The molecule has 0 aliphatic carbocycles. The Labute approximate surface area is 95.3 Å². The molecule has 84 valence electrons. The Morgan fingerprint density at radius 1 is 1.25 bits per heavy atom. The van der Waals surface area contributed by atoms with Crippen LogP contribution in [0.4, 0.5) is 0 Å². The SMILES string of the molecule is CC(C)n1nccc1-c1ccccc1CO. The van der Waals surface area contributed by atoms with Gasteiger partial charge in [-0.3, -0.25) is 4.68 Å². The quantitative estimate of drug-likeness (QED) is 0.856. The van der Waals surface area contributed by atoms with Crippen LogP contribution >= 0.6 is 0 Å². The van der Waals surface area contributed by atoms with E-state index in [1.807, 2.05) is 35.0 Å². The van der Waals surface area contributed by atoms with Gasteiger partial charge in [0.05, 0.1) is 12.3 Å². The van der Waals surface area contributed by atoms with Crippen LogP contribution in [0.3, 0.4) is 0 Å². The molecule has 0 radical (unpaired) electrons. The van der Waals surface area contributed by atoms with E-state index in [1.54, 1.807) is 6.20 Å². The molecule has 3 heteroatoms. The maximum Gasteiger partial charge on any atom is 0.0688 e. The zero-order chi connectivity index (χ0) is 11.5. The van der Waals surface area contributed by atoms with Crippen molar-refractivity contribution in [2.24, 2.45) is 0 Å². The third kappa shape index (κ3) is 1.86. The molecule has 0 aliphatic heterocycles. The zero-order valence-corrected chi connectivity index (χ0v) is 9.59. The van der Waals surface area contributed by atoms with Gasteiger partial charge in [-0.15, -0.1) is 0 Å². The van der Waals surface area contributed by atoms with E-state index in [9.17, 15) is 5.11 Å². The van der Waals surface area contributed by atoms with E-state index in [-0.39, 0.29) is 6.61 Å². The summed E-state index contributed by atoms with van der Waals surface area (Å²) >= 11 is 0. The molecule has 2 rings (SSSR count). The molecule has 0 amide bonds. The van der Waals surface area contributed by atoms with Gasteiger partial charge in [0.2, 0.25) is 0 Å². The fraction of sp³-hybridized carbons (Fsp3) is 0.308. The Hall–Kier alpha value is -1.61. The monoisotopic (exact) mass is 216 g/mol. The van der Waals surface area contributed by atoms with Gasteiger partial charge in [-0.25, -0.2) is 0 Å². The topological polar surface area (TPSA) is 38.0 Å². The number of aliphatic hydroxyl groups excluding tert-OH is 1. The molecule has 1 aromatic heterocycles. The van der Waals surface area contributed by atoms with Gasteiger partial charge in [-0.05, 0) is 25.5 Å². The van der Waals surface area contributed by atoms with E-state index in [4.69, 9.17) is 0 Å². The summed E-state index contributed by atoms with van der Waals surface area (Å²) in [5, 5.41) is 13.6. The summed E-state index contributed by atoms with van der Waals surface area (Å²) in [5.74, 6) is 0. The van der Waals surface area contributed by atoms with Gasteiger partial charge >= 0.3 is 0 Å². The second-order valence-electron chi connectivity index (χ2n) is 4.07. The van der Waals surface area contributed by atoms with Gasteiger partial charge in [0.15, 0.2) is 0 Å². The van der Waals surface area contributed by atoms with E-state index in [0.717, 1.165) is 16.8 Å². The van der Waals surface area contributed by atoms with Crippen molar-refractivity contribution in [3.63, 3.8) is 0 Å². The Morgan fingerprint density at radius 2 is 2.00 bits per heavy atom. The van der Waals surface area contributed by atoms with Crippen molar-refractivity contribution < 1.29 is 5.11 Å². The minimum atomic E-state index is 0.0550. The summed E-state index contributed by atoms with van der Waals surface area (Å²) in [4.78, 5) is 0. The molecular formula is C13H16N2O. The Bertz CT molecular complexity index is 474. The van der Waals surface area contributed by atoms with Crippen LogP contribution in [0.1, 0.15) is 25.5 Å². The van der Waals surface area contributed by atoms with Crippen molar-refractivity contribution in [3.05, 3.63) is 42.1 Å². The molecule has 0 spiro atoms. The van der Waals surface area contributed by atoms with Gasteiger partial charge < -0.3 is 5.11 Å². The van der Waals surface area contributed by atoms with Crippen LogP contribution in [0.5, 0.6) is 0 Å². The number of nitrogens with zero attached hydrogens (tertiary/aromatic N) is 2. The molecular weight excluding hydrogens is 200 g/mol. The third-order valence-electron chi connectivity index (χ3n) is 2.62. The van der Waals surface area contributed by atoms with Crippen LogP contribution in [-0.4, -0.2) is 14.9 Å². The molecule has 1 N–H and O–H groups in total. The minimum Gasteiger partial charge on any atom is -0.392 e. The first-order chi connectivity index (χ1) is 7.74. The van der Waals surface area contributed by atoms with Crippen molar-refractivity contribution in [1.82, 2.24) is 9.78 Å². The number of rotatable bonds is 3. The van der Waals surface area contributed by atoms with Crippen LogP contribution < -0.4 is 0 Å². The average Bonchev–Trinajstić information content (AvgIpc) is 2.77. The van der Waals surface area contributed by atoms with Gasteiger partial charge in [0.25, 0.3) is 0 Å². The smallest absolute Gasteiger partial charge is 0.0688 e. The fourth-order valence-electron chi connectivity index (χ4n) is 1.85. The highest BCUT2D eigenvalue weighted by Gasteiger charge is 2.10. The summed E-state index contributed by atoms with van der Waals surface area (Å²) in [6, 6.07) is 10.2. The van der Waals surface area contributed by atoms with Gasteiger partial charge in [0, 0.05) is 17.8 Å². The highest BCUT2D eigenvalue weighted by Crippen LogP contribution is 2.25. The molecule has 0 fully saturated rings. The highest BCUT2D eigenvalue weighted by atomic mass is 16.3. The Morgan fingerprint density at radius 3 is 2.69 bits per heavy atom. The summed E-state index contributed by atoms with van der Waals surface area (Å²) in [5.41, 5.74) is 3.04. The van der Waals surface area contributed by atoms with E-state index in [0.29, 0.717) is 6.04 Å². The molecule has 0 saturated heterocycles. The van der Waals surface area contributed by atoms with Gasteiger partial charge in [0.1, 0.15) is 0 Å². The Kier molecular flexibility index (Phi) is 3.06. The minimum absolute atomic E-state index is 0.0550. The van der Waals surface area contributed by atoms with Crippen molar-refractivity contribution in [2.75, 3.05) is 0 Å². The van der Waals surface area contributed by atoms with Crippen molar-refractivity contribution in [2.45, 2.75) is 26.5 Å². The highest BCUT2D eigenvalue weighted by molar-refractivity contribution is 5.63. The predicted molar refractivity (Wildman–Crippen MR) is 64.0 cm³/mol. The first kappa shape index (κ1) is 10.9. The molecule has 0 bridgehead atoms. The lowest BCUT2D eigenvalue weighted by atomic mass is 10.0. The number of hydrogen-bond donors (Lipinski definition) is 1. The van der Waals surface area contributed by atoms with E-state index in [1.165, 1.54) is 0 Å². The van der Waals surface area contributed by atoms with Crippen LogP contribution in [0.2, 0.25) is 0 Å². The second kappa shape index (κ2) is 4.49.